The van der Waals surface area contributed by atoms with E-state index >= 15 is 0 Å². The Hall–Kier alpha value is -2.80. The minimum atomic E-state index is -1.01. The van der Waals surface area contributed by atoms with Gasteiger partial charge in [0.2, 0.25) is 0 Å². The van der Waals surface area contributed by atoms with Crippen LogP contribution in [-0.2, 0) is 9.59 Å². The van der Waals surface area contributed by atoms with Crippen molar-refractivity contribution in [1.82, 2.24) is 10.9 Å². The normalized spacial score (nSPS) is 11.4. The van der Waals surface area contributed by atoms with Crippen LogP contribution < -0.4 is 20.3 Å². The van der Waals surface area contributed by atoms with E-state index in [4.69, 9.17) is 21.1 Å². The number of rotatable bonds is 6. The third kappa shape index (κ3) is 5.63. The largest absolute Gasteiger partial charge is 0.483 e. The molecule has 2 aromatic carbocycles. The average molecular weight is 381 g/mol. The summed E-state index contributed by atoms with van der Waals surface area (Å²) in [6.45, 7) is 2.93. The van der Waals surface area contributed by atoms with Gasteiger partial charge in [0.1, 0.15) is 5.75 Å². The number of carbonyl (C=O) groups is 2. The van der Waals surface area contributed by atoms with Crippen molar-refractivity contribution in [2.45, 2.75) is 20.0 Å². The molecule has 2 N–H and O–H groups in total. The summed E-state index contributed by atoms with van der Waals surface area (Å²) >= 11 is 5.84. The zero-order valence-electron chi connectivity index (χ0n) is 14.2. The van der Waals surface area contributed by atoms with Gasteiger partial charge in [0.15, 0.2) is 24.3 Å². The van der Waals surface area contributed by atoms with Crippen molar-refractivity contribution in [2.24, 2.45) is 0 Å². The number of ether oxygens (including phenoxy) is 2. The van der Waals surface area contributed by atoms with Gasteiger partial charge in [-0.3, -0.25) is 20.4 Å². The molecule has 2 aromatic rings. The van der Waals surface area contributed by atoms with Gasteiger partial charge in [0.05, 0.1) is 0 Å². The first-order chi connectivity index (χ1) is 12.4. The van der Waals surface area contributed by atoms with E-state index in [0.717, 1.165) is 5.56 Å². The summed E-state index contributed by atoms with van der Waals surface area (Å²) < 4.78 is 24.1. The highest BCUT2D eigenvalue weighted by molar-refractivity contribution is 6.30. The Morgan fingerprint density at radius 1 is 1.15 bits per heavy atom. The summed E-state index contributed by atoms with van der Waals surface area (Å²) in [7, 11) is 0. The van der Waals surface area contributed by atoms with E-state index in [-0.39, 0.29) is 12.4 Å². The summed E-state index contributed by atoms with van der Waals surface area (Å²) in [4.78, 5) is 23.7. The number of hydrogen-bond donors (Lipinski definition) is 2. The Kier molecular flexibility index (Phi) is 6.80. The van der Waals surface area contributed by atoms with E-state index in [1.165, 1.54) is 25.1 Å². The molecule has 0 aromatic heterocycles. The molecule has 2 amide bonds. The Morgan fingerprint density at radius 2 is 1.88 bits per heavy atom. The zero-order valence-corrected chi connectivity index (χ0v) is 15.0. The molecule has 6 nitrogen and oxygen atoms in total. The van der Waals surface area contributed by atoms with Gasteiger partial charge < -0.3 is 9.47 Å². The quantitative estimate of drug-likeness (QED) is 0.755. The molecule has 0 aliphatic rings. The molecule has 0 saturated carbocycles. The molecule has 1 unspecified atom stereocenters. The van der Waals surface area contributed by atoms with Crippen LogP contribution in [0.4, 0.5) is 4.39 Å². The van der Waals surface area contributed by atoms with Gasteiger partial charge in [-0.1, -0.05) is 23.7 Å². The molecule has 0 aliphatic heterocycles. The van der Waals surface area contributed by atoms with Crippen molar-refractivity contribution < 1.29 is 23.5 Å². The minimum absolute atomic E-state index is 0.0528. The van der Waals surface area contributed by atoms with Crippen molar-refractivity contribution in [3.63, 3.8) is 0 Å². The van der Waals surface area contributed by atoms with Gasteiger partial charge in [0.25, 0.3) is 11.8 Å². The fraction of sp³-hybridized carbons (Fsp3) is 0.222. The number of aryl methyl sites for hydroxylation is 1. The maximum atomic E-state index is 13.5. The lowest BCUT2D eigenvalue weighted by molar-refractivity contribution is -0.133. The first-order valence-electron chi connectivity index (χ1n) is 7.75. The van der Waals surface area contributed by atoms with Crippen molar-refractivity contribution in [3.8, 4) is 11.5 Å². The maximum absolute atomic E-state index is 13.5. The molecule has 0 heterocycles. The van der Waals surface area contributed by atoms with Gasteiger partial charge in [-0.2, -0.15) is 0 Å². The van der Waals surface area contributed by atoms with Crippen molar-refractivity contribution in [2.75, 3.05) is 6.61 Å². The second-order valence-electron chi connectivity index (χ2n) is 5.43. The maximum Gasteiger partial charge on any atom is 0.279 e. The Bertz CT molecular complexity index is 801. The Labute approximate surface area is 155 Å². The molecule has 138 valence electrons. The summed E-state index contributed by atoms with van der Waals surface area (Å²) in [5.41, 5.74) is 5.18. The first-order valence-corrected chi connectivity index (χ1v) is 8.13. The standard InChI is InChI=1S/C18H18ClFN2O4/c1-11-9-13(19)7-8-15(11)25-10-17(23)21-22-18(24)12(2)26-16-6-4-3-5-14(16)20/h3-9,12H,10H2,1-2H3,(H,21,23)(H,22,24). The van der Waals surface area contributed by atoms with Crippen LogP contribution in [0.2, 0.25) is 5.02 Å². The Morgan fingerprint density at radius 3 is 2.58 bits per heavy atom. The fourth-order valence-corrected chi connectivity index (χ4v) is 2.20. The smallest absolute Gasteiger partial charge is 0.279 e. The molecular formula is C18H18ClFN2O4. The third-order valence-corrected chi connectivity index (χ3v) is 3.57. The van der Waals surface area contributed by atoms with Gasteiger partial charge >= 0.3 is 0 Å². The molecule has 0 saturated heterocycles. The van der Waals surface area contributed by atoms with Gasteiger partial charge in [0, 0.05) is 5.02 Å². The summed E-state index contributed by atoms with van der Waals surface area (Å²) in [6.07, 6.45) is -1.01. The van der Waals surface area contributed by atoms with Gasteiger partial charge in [-0.25, -0.2) is 4.39 Å². The highest BCUT2D eigenvalue weighted by Gasteiger charge is 2.17. The molecular weight excluding hydrogens is 363 g/mol. The second kappa shape index (κ2) is 9.05. The second-order valence-corrected chi connectivity index (χ2v) is 5.86. The molecule has 0 spiro atoms. The molecule has 26 heavy (non-hydrogen) atoms. The lowest BCUT2D eigenvalue weighted by Crippen LogP contribution is -2.48. The van der Waals surface area contributed by atoms with Crippen LogP contribution >= 0.6 is 11.6 Å². The molecule has 2 rings (SSSR count). The Balaban J connectivity index is 1.77. The number of para-hydroxylation sites is 1. The highest BCUT2D eigenvalue weighted by atomic mass is 35.5. The molecule has 1 atom stereocenters. The van der Waals surface area contributed by atoms with E-state index in [9.17, 15) is 14.0 Å². The van der Waals surface area contributed by atoms with E-state index in [2.05, 4.69) is 10.9 Å². The zero-order chi connectivity index (χ0) is 19.1. The predicted octanol–water partition coefficient (Wildman–Crippen LogP) is 2.78. The number of amides is 2. The lowest BCUT2D eigenvalue weighted by Gasteiger charge is -2.15. The molecule has 0 radical (unpaired) electrons. The van der Waals surface area contributed by atoms with Crippen LogP contribution in [0.3, 0.4) is 0 Å². The number of benzene rings is 2. The molecule has 0 bridgehead atoms. The highest BCUT2D eigenvalue weighted by Crippen LogP contribution is 2.21. The summed E-state index contributed by atoms with van der Waals surface area (Å²) in [5, 5.41) is 0.565. The number of hydrazine groups is 1. The van der Waals surface area contributed by atoms with E-state index < -0.39 is 23.7 Å². The lowest BCUT2D eigenvalue weighted by atomic mass is 10.2. The van der Waals surface area contributed by atoms with Gasteiger partial charge in [-0.05, 0) is 49.7 Å². The number of hydrogen-bond acceptors (Lipinski definition) is 4. The number of halogens is 2. The first kappa shape index (κ1) is 19.5. The summed E-state index contributed by atoms with van der Waals surface area (Å²) in [6, 6.07) is 10.7. The van der Waals surface area contributed by atoms with Gasteiger partial charge in [-0.15, -0.1) is 0 Å². The van der Waals surface area contributed by atoms with Crippen molar-refractivity contribution in [3.05, 3.63) is 58.9 Å². The van der Waals surface area contributed by atoms with Crippen LogP contribution in [0, 0.1) is 12.7 Å². The van der Waals surface area contributed by atoms with Crippen molar-refractivity contribution >= 4 is 23.4 Å². The number of nitrogens with one attached hydrogen (secondary N) is 2. The third-order valence-electron chi connectivity index (χ3n) is 3.33. The topological polar surface area (TPSA) is 76.7 Å². The van der Waals surface area contributed by atoms with E-state index in [0.29, 0.717) is 10.8 Å². The fourth-order valence-electron chi connectivity index (χ4n) is 1.97. The number of carbonyl (C=O) groups excluding carboxylic acids is 2. The monoisotopic (exact) mass is 380 g/mol. The van der Waals surface area contributed by atoms with E-state index in [1.54, 1.807) is 31.2 Å². The van der Waals surface area contributed by atoms with Crippen LogP contribution in [0.15, 0.2) is 42.5 Å². The molecule has 0 fully saturated rings. The molecule has 0 aliphatic carbocycles. The van der Waals surface area contributed by atoms with Crippen LogP contribution in [-0.4, -0.2) is 24.5 Å². The van der Waals surface area contributed by atoms with E-state index in [1.807, 2.05) is 0 Å². The van der Waals surface area contributed by atoms with Crippen LogP contribution in [0.1, 0.15) is 12.5 Å². The average Bonchev–Trinajstić information content (AvgIpc) is 2.60. The minimum Gasteiger partial charge on any atom is -0.483 e. The van der Waals surface area contributed by atoms with Crippen LogP contribution in [0.5, 0.6) is 11.5 Å². The van der Waals surface area contributed by atoms with Crippen molar-refractivity contribution in [1.29, 1.82) is 0 Å². The summed E-state index contributed by atoms with van der Waals surface area (Å²) in [5.74, 6) is -1.33. The molecule has 8 heteroatoms. The SMILES string of the molecule is Cc1cc(Cl)ccc1OCC(=O)NNC(=O)C(C)Oc1ccccc1F. The predicted molar refractivity (Wildman–Crippen MR) is 94.5 cm³/mol. The van der Waals surface area contributed by atoms with Crippen LogP contribution in [0.25, 0.3) is 0 Å².